The first kappa shape index (κ1) is 11.7. The number of nitrogens with zero attached hydrogens (tertiary/aromatic N) is 1. The maximum absolute atomic E-state index is 9.41. The second-order valence-electron chi connectivity index (χ2n) is 3.83. The van der Waals surface area contributed by atoms with Crippen molar-refractivity contribution in [1.82, 2.24) is 4.98 Å². The lowest BCUT2D eigenvalue weighted by Crippen LogP contribution is -2.06. The first-order valence-corrected chi connectivity index (χ1v) is 5.70. The molecule has 2 rings (SSSR count). The molecule has 0 saturated carbocycles. The number of aromatic hydroxyl groups is 1. The Labute approximate surface area is 105 Å². The molecule has 2 aromatic rings. The number of aromatic nitrogens is 1. The first-order chi connectivity index (χ1) is 8.15. The van der Waals surface area contributed by atoms with Crippen LogP contribution in [0.3, 0.4) is 0 Å². The highest BCUT2D eigenvalue weighted by Crippen LogP contribution is 2.22. The Balaban J connectivity index is 2.14. The lowest BCUT2D eigenvalue weighted by atomic mass is 10.1. The zero-order chi connectivity index (χ0) is 12.3. The van der Waals surface area contributed by atoms with E-state index in [9.17, 15) is 5.11 Å². The highest BCUT2D eigenvalue weighted by molar-refractivity contribution is 6.29. The molecule has 2 N–H and O–H groups in total. The van der Waals surface area contributed by atoms with Gasteiger partial charge in [-0.3, -0.25) is 0 Å². The Hall–Kier alpha value is -1.74. The van der Waals surface area contributed by atoms with Crippen molar-refractivity contribution >= 4 is 17.3 Å². The van der Waals surface area contributed by atoms with E-state index in [2.05, 4.69) is 10.3 Å². The van der Waals surface area contributed by atoms with Crippen LogP contribution < -0.4 is 5.32 Å². The number of pyridine rings is 1. The third-order valence-electron chi connectivity index (χ3n) is 2.48. The van der Waals surface area contributed by atoms with Gasteiger partial charge in [-0.05, 0) is 36.8 Å². The van der Waals surface area contributed by atoms with Gasteiger partial charge in [-0.1, -0.05) is 23.7 Å². The summed E-state index contributed by atoms with van der Waals surface area (Å²) in [5, 5.41) is 13.2. The zero-order valence-corrected chi connectivity index (χ0v) is 10.1. The van der Waals surface area contributed by atoms with Crippen LogP contribution in [0.1, 0.15) is 18.5 Å². The van der Waals surface area contributed by atoms with Gasteiger partial charge in [0.15, 0.2) is 0 Å². The first-order valence-electron chi connectivity index (χ1n) is 5.32. The van der Waals surface area contributed by atoms with Crippen LogP contribution in [0.2, 0.25) is 5.15 Å². The number of rotatable bonds is 3. The van der Waals surface area contributed by atoms with Crippen molar-refractivity contribution in [3.8, 4) is 5.75 Å². The average molecular weight is 249 g/mol. The molecule has 1 aromatic heterocycles. The number of hydrogen-bond acceptors (Lipinski definition) is 3. The number of halogens is 1. The SMILES string of the molecule is CC(Nc1ccnc(Cl)c1)c1cccc(O)c1. The van der Waals surface area contributed by atoms with Crippen LogP contribution in [0, 0.1) is 0 Å². The molecule has 0 aliphatic heterocycles. The molecule has 1 aromatic carbocycles. The third kappa shape index (κ3) is 3.11. The second kappa shape index (κ2) is 5.06. The van der Waals surface area contributed by atoms with E-state index in [0.717, 1.165) is 11.3 Å². The molecular formula is C13H13ClN2O. The fraction of sp³-hybridized carbons (Fsp3) is 0.154. The normalized spacial score (nSPS) is 12.1. The summed E-state index contributed by atoms with van der Waals surface area (Å²) in [4.78, 5) is 3.92. The molecule has 0 aliphatic rings. The smallest absolute Gasteiger partial charge is 0.131 e. The van der Waals surface area contributed by atoms with Gasteiger partial charge in [0.05, 0.1) is 0 Å². The van der Waals surface area contributed by atoms with E-state index in [-0.39, 0.29) is 11.8 Å². The maximum atomic E-state index is 9.41. The summed E-state index contributed by atoms with van der Waals surface area (Å²) in [6.45, 7) is 2.02. The van der Waals surface area contributed by atoms with Gasteiger partial charge < -0.3 is 10.4 Å². The van der Waals surface area contributed by atoms with Crippen molar-refractivity contribution in [3.05, 3.63) is 53.3 Å². The minimum Gasteiger partial charge on any atom is -0.508 e. The molecule has 0 amide bonds. The Kier molecular flexibility index (Phi) is 3.49. The summed E-state index contributed by atoms with van der Waals surface area (Å²) in [7, 11) is 0. The summed E-state index contributed by atoms with van der Waals surface area (Å²) in [5.41, 5.74) is 1.92. The molecule has 3 nitrogen and oxygen atoms in total. The van der Waals surface area contributed by atoms with E-state index < -0.39 is 0 Å². The lowest BCUT2D eigenvalue weighted by Gasteiger charge is -2.15. The van der Waals surface area contributed by atoms with E-state index in [1.807, 2.05) is 25.1 Å². The minimum atomic E-state index is 0.0839. The van der Waals surface area contributed by atoms with E-state index in [1.165, 1.54) is 0 Å². The molecule has 17 heavy (non-hydrogen) atoms. The summed E-state index contributed by atoms with van der Waals surface area (Å²) < 4.78 is 0. The Bertz CT molecular complexity index is 516. The van der Waals surface area contributed by atoms with Gasteiger partial charge in [0.25, 0.3) is 0 Å². The van der Waals surface area contributed by atoms with Crippen LogP contribution in [0.15, 0.2) is 42.6 Å². The molecule has 0 aliphatic carbocycles. The highest BCUT2D eigenvalue weighted by Gasteiger charge is 2.06. The predicted molar refractivity (Wildman–Crippen MR) is 69.4 cm³/mol. The summed E-state index contributed by atoms with van der Waals surface area (Å²) in [6.07, 6.45) is 1.65. The van der Waals surface area contributed by atoms with Gasteiger partial charge in [0.1, 0.15) is 10.9 Å². The summed E-state index contributed by atoms with van der Waals surface area (Å²) in [6, 6.07) is 10.9. The molecule has 0 spiro atoms. The van der Waals surface area contributed by atoms with E-state index in [0.29, 0.717) is 5.15 Å². The number of nitrogens with one attached hydrogen (secondary N) is 1. The number of benzene rings is 1. The van der Waals surface area contributed by atoms with E-state index in [4.69, 9.17) is 11.6 Å². The Morgan fingerprint density at radius 2 is 2.12 bits per heavy atom. The summed E-state index contributed by atoms with van der Waals surface area (Å²) >= 11 is 5.81. The van der Waals surface area contributed by atoms with Gasteiger partial charge in [-0.2, -0.15) is 0 Å². The maximum Gasteiger partial charge on any atom is 0.131 e. The van der Waals surface area contributed by atoms with Crippen molar-refractivity contribution in [2.75, 3.05) is 5.32 Å². The quantitative estimate of drug-likeness (QED) is 0.816. The minimum absolute atomic E-state index is 0.0839. The van der Waals surface area contributed by atoms with Crippen molar-refractivity contribution in [2.45, 2.75) is 13.0 Å². The van der Waals surface area contributed by atoms with Gasteiger partial charge in [-0.25, -0.2) is 4.98 Å². The standard InChI is InChI=1S/C13H13ClN2O/c1-9(10-3-2-4-12(17)7-10)16-11-5-6-15-13(14)8-11/h2-9,17H,1H3,(H,15,16). The molecule has 1 heterocycles. The molecular weight excluding hydrogens is 236 g/mol. The van der Waals surface area contributed by atoms with Crippen molar-refractivity contribution in [1.29, 1.82) is 0 Å². The lowest BCUT2D eigenvalue weighted by molar-refractivity contribution is 0.474. The van der Waals surface area contributed by atoms with Crippen molar-refractivity contribution in [2.24, 2.45) is 0 Å². The van der Waals surface area contributed by atoms with Crippen LogP contribution in [0.4, 0.5) is 5.69 Å². The molecule has 1 atom stereocenters. The van der Waals surface area contributed by atoms with E-state index in [1.54, 1.807) is 24.4 Å². The second-order valence-corrected chi connectivity index (χ2v) is 4.22. The van der Waals surface area contributed by atoms with Gasteiger partial charge in [-0.15, -0.1) is 0 Å². The molecule has 4 heteroatoms. The van der Waals surface area contributed by atoms with Gasteiger partial charge in [0.2, 0.25) is 0 Å². The summed E-state index contributed by atoms with van der Waals surface area (Å²) in [5.74, 6) is 0.268. The third-order valence-corrected chi connectivity index (χ3v) is 2.69. The number of hydrogen-bond donors (Lipinski definition) is 2. The fourth-order valence-electron chi connectivity index (χ4n) is 1.62. The van der Waals surface area contributed by atoms with Crippen LogP contribution in [0.5, 0.6) is 5.75 Å². The molecule has 0 bridgehead atoms. The predicted octanol–water partition coefficient (Wildman–Crippen LogP) is 3.61. The van der Waals surface area contributed by atoms with Crippen LogP contribution in [-0.2, 0) is 0 Å². The molecule has 0 saturated heterocycles. The van der Waals surface area contributed by atoms with Gasteiger partial charge in [0, 0.05) is 17.9 Å². The zero-order valence-electron chi connectivity index (χ0n) is 9.39. The molecule has 88 valence electrons. The van der Waals surface area contributed by atoms with Gasteiger partial charge >= 0.3 is 0 Å². The average Bonchev–Trinajstić information content (AvgIpc) is 2.29. The fourth-order valence-corrected chi connectivity index (χ4v) is 1.79. The molecule has 1 unspecified atom stereocenters. The number of phenols is 1. The number of anilines is 1. The molecule has 0 radical (unpaired) electrons. The van der Waals surface area contributed by atoms with Crippen molar-refractivity contribution in [3.63, 3.8) is 0 Å². The Morgan fingerprint density at radius 3 is 2.82 bits per heavy atom. The van der Waals surface area contributed by atoms with E-state index >= 15 is 0 Å². The molecule has 0 fully saturated rings. The highest BCUT2D eigenvalue weighted by atomic mass is 35.5. The van der Waals surface area contributed by atoms with Crippen molar-refractivity contribution < 1.29 is 5.11 Å². The topological polar surface area (TPSA) is 45.2 Å². The van der Waals surface area contributed by atoms with Crippen LogP contribution >= 0.6 is 11.6 Å². The largest absolute Gasteiger partial charge is 0.508 e. The number of phenolic OH excluding ortho intramolecular Hbond substituents is 1. The monoisotopic (exact) mass is 248 g/mol. The Morgan fingerprint density at radius 1 is 1.29 bits per heavy atom. The van der Waals surface area contributed by atoms with Crippen LogP contribution in [-0.4, -0.2) is 10.1 Å². The van der Waals surface area contributed by atoms with Crippen LogP contribution in [0.25, 0.3) is 0 Å².